The van der Waals surface area contributed by atoms with E-state index in [1.165, 1.54) is 0 Å². The molecule has 1 heterocycles. The zero-order chi connectivity index (χ0) is 15.4. The molecule has 1 amide bonds. The fourth-order valence-corrected chi connectivity index (χ4v) is 3.03. The molecule has 0 radical (unpaired) electrons. The van der Waals surface area contributed by atoms with Crippen LogP contribution in [-0.2, 0) is 0 Å². The van der Waals surface area contributed by atoms with Crippen molar-refractivity contribution in [2.75, 3.05) is 12.4 Å². The lowest BCUT2D eigenvalue weighted by atomic mass is 10.1. The van der Waals surface area contributed by atoms with Crippen LogP contribution < -0.4 is 10.1 Å². The molecule has 0 spiro atoms. The van der Waals surface area contributed by atoms with Crippen LogP contribution in [-0.4, -0.2) is 13.0 Å². The Morgan fingerprint density at radius 3 is 2.55 bits per heavy atom. The predicted octanol–water partition coefficient (Wildman–Crippen LogP) is 4.68. The number of thiophene rings is 1. The van der Waals surface area contributed by atoms with Gasteiger partial charge >= 0.3 is 0 Å². The van der Waals surface area contributed by atoms with Gasteiger partial charge in [-0.2, -0.15) is 0 Å². The highest BCUT2D eigenvalue weighted by Gasteiger charge is 2.14. The fourth-order valence-electron chi connectivity index (χ4n) is 2.26. The van der Waals surface area contributed by atoms with E-state index in [1.807, 2.05) is 53.9 Å². The lowest BCUT2D eigenvalue weighted by molar-refractivity contribution is 0.102. The van der Waals surface area contributed by atoms with E-state index in [0.29, 0.717) is 11.3 Å². The molecule has 3 rings (SSSR count). The largest absolute Gasteiger partial charge is 0.496 e. The quantitative estimate of drug-likeness (QED) is 0.760. The molecule has 0 unspecified atom stereocenters. The highest BCUT2D eigenvalue weighted by atomic mass is 32.1. The molecule has 110 valence electrons. The smallest absolute Gasteiger partial charge is 0.259 e. The number of amides is 1. The van der Waals surface area contributed by atoms with Gasteiger partial charge < -0.3 is 10.1 Å². The van der Waals surface area contributed by atoms with Crippen LogP contribution in [0.5, 0.6) is 5.75 Å². The van der Waals surface area contributed by atoms with Gasteiger partial charge in [-0.15, -0.1) is 11.3 Å². The Labute approximate surface area is 133 Å². The van der Waals surface area contributed by atoms with Crippen LogP contribution in [0.4, 0.5) is 5.69 Å². The third-order valence-electron chi connectivity index (χ3n) is 3.31. The van der Waals surface area contributed by atoms with Crippen LogP contribution in [0.25, 0.3) is 10.4 Å². The molecule has 0 saturated heterocycles. The number of anilines is 1. The van der Waals surface area contributed by atoms with Gasteiger partial charge in [0.1, 0.15) is 5.75 Å². The summed E-state index contributed by atoms with van der Waals surface area (Å²) in [5, 5.41) is 5.00. The normalized spacial score (nSPS) is 10.2. The standard InChI is InChI=1S/C18H15NO2S/c1-21-16-10-5-3-8-14(16)18(20)19-15-9-4-2-7-13(15)17-11-6-12-22-17/h2-12H,1H3,(H,19,20). The Balaban J connectivity index is 1.92. The van der Waals surface area contributed by atoms with Gasteiger partial charge in [-0.05, 0) is 29.6 Å². The van der Waals surface area contributed by atoms with Crippen LogP contribution in [0, 0.1) is 0 Å². The minimum atomic E-state index is -0.179. The van der Waals surface area contributed by atoms with Gasteiger partial charge in [0.05, 0.1) is 12.7 Å². The van der Waals surface area contributed by atoms with Gasteiger partial charge in [0.2, 0.25) is 0 Å². The van der Waals surface area contributed by atoms with Crippen LogP contribution in [0.3, 0.4) is 0 Å². The third-order valence-corrected chi connectivity index (χ3v) is 4.22. The highest BCUT2D eigenvalue weighted by Crippen LogP contribution is 2.32. The van der Waals surface area contributed by atoms with Crippen molar-refractivity contribution in [3.63, 3.8) is 0 Å². The van der Waals surface area contributed by atoms with E-state index in [0.717, 1.165) is 16.1 Å². The summed E-state index contributed by atoms with van der Waals surface area (Å²) >= 11 is 1.64. The van der Waals surface area contributed by atoms with Crippen molar-refractivity contribution in [3.8, 4) is 16.2 Å². The van der Waals surface area contributed by atoms with Gasteiger partial charge in [-0.25, -0.2) is 0 Å². The zero-order valence-electron chi connectivity index (χ0n) is 12.1. The minimum absolute atomic E-state index is 0.179. The van der Waals surface area contributed by atoms with E-state index in [1.54, 1.807) is 30.6 Å². The number of carbonyl (C=O) groups is 1. The van der Waals surface area contributed by atoms with Crippen molar-refractivity contribution in [1.82, 2.24) is 0 Å². The molecule has 0 aliphatic carbocycles. The number of methoxy groups -OCH3 is 1. The summed E-state index contributed by atoms with van der Waals surface area (Å²) in [5.41, 5.74) is 2.33. The number of hydrogen-bond acceptors (Lipinski definition) is 3. The summed E-state index contributed by atoms with van der Waals surface area (Å²) in [4.78, 5) is 13.6. The van der Waals surface area contributed by atoms with Crippen LogP contribution in [0.2, 0.25) is 0 Å². The topological polar surface area (TPSA) is 38.3 Å². The first-order valence-electron chi connectivity index (χ1n) is 6.87. The van der Waals surface area contributed by atoms with E-state index in [-0.39, 0.29) is 5.91 Å². The summed E-state index contributed by atoms with van der Waals surface area (Å²) in [7, 11) is 1.56. The van der Waals surface area contributed by atoms with E-state index < -0.39 is 0 Å². The molecule has 0 aliphatic heterocycles. The Morgan fingerprint density at radius 1 is 1.00 bits per heavy atom. The zero-order valence-corrected chi connectivity index (χ0v) is 12.9. The fraction of sp³-hybridized carbons (Fsp3) is 0.0556. The molecular formula is C18H15NO2S. The molecule has 1 N–H and O–H groups in total. The second-order valence-electron chi connectivity index (χ2n) is 4.68. The van der Waals surface area contributed by atoms with Crippen LogP contribution in [0.1, 0.15) is 10.4 Å². The SMILES string of the molecule is COc1ccccc1C(=O)Nc1ccccc1-c1cccs1. The lowest BCUT2D eigenvalue weighted by Gasteiger charge is -2.12. The van der Waals surface area contributed by atoms with Crippen molar-refractivity contribution >= 4 is 22.9 Å². The van der Waals surface area contributed by atoms with Crippen molar-refractivity contribution in [2.45, 2.75) is 0 Å². The summed E-state index contributed by atoms with van der Waals surface area (Å²) in [5.74, 6) is 0.384. The highest BCUT2D eigenvalue weighted by molar-refractivity contribution is 7.13. The van der Waals surface area contributed by atoms with Crippen LogP contribution in [0.15, 0.2) is 66.0 Å². The molecule has 3 aromatic rings. The van der Waals surface area contributed by atoms with Crippen molar-refractivity contribution in [3.05, 3.63) is 71.6 Å². The first-order valence-corrected chi connectivity index (χ1v) is 7.75. The number of nitrogens with one attached hydrogen (secondary N) is 1. The monoisotopic (exact) mass is 309 g/mol. The Kier molecular flexibility index (Phi) is 4.21. The molecule has 0 saturated carbocycles. The maximum Gasteiger partial charge on any atom is 0.259 e. The Hall–Kier alpha value is -2.59. The average molecular weight is 309 g/mol. The summed E-state index contributed by atoms with van der Waals surface area (Å²) in [6, 6.07) is 19.0. The molecule has 0 fully saturated rings. The minimum Gasteiger partial charge on any atom is -0.496 e. The third kappa shape index (κ3) is 2.87. The first-order chi connectivity index (χ1) is 10.8. The molecule has 2 aromatic carbocycles. The second-order valence-corrected chi connectivity index (χ2v) is 5.62. The van der Waals surface area contributed by atoms with Gasteiger partial charge in [0.25, 0.3) is 5.91 Å². The van der Waals surface area contributed by atoms with Crippen molar-refractivity contribution < 1.29 is 9.53 Å². The van der Waals surface area contributed by atoms with E-state index in [4.69, 9.17) is 4.74 Å². The number of benzene rings is 2. The second kappa shape index (κ2) is 6.45. The maximum absolute atomic E-state index is 12.5. The Morgan fingerprint density at radius 2 is 1.77 bits per heavy atom. The number of hydrogen-bond donors (Lipinski definition) is 1. The summed E-state index contributed by atoms with van der Waals surface area (Å²) in [6.45, 7) is 0. The number of para-hydroxylation sites is 2. The van der Waals surface area contributed by atoms with Crippen molar-refractivity contribution in [1.29, 1.82) is 0 Å². The number of carbonyl (C=O) groups excluding carboxylic acids is 1. The molecule has 22 heavy (non-hydrogen) atoms. The van der Waals surface area contributed by atoms with E-state index >= 15 is 0 Å². The van der Waals surface area contributed by atoms with E-state index in [9.17, 15) is 4.79 Å². The summed E-state index contributed by atoms with van der Waals surface area (Å²) in [6.07, 6.45) is 0. The van der Waals surface area contributed by atoms with Gasteiger partial charge in [0.15, 0.2) is 0 Å². The Bertz CT molecular complexity index is 781. The molecular weight excluding hydrogens is 294 g/mol. The molecule has 3 nitrogen and oxygen atoms in total. The van der Waals surface area contributed by atoms with Gasteiger partial charge in [-0.3, -0.25) is 4.79 Å². The van der Waals surface area contributed by atoms with Gasteiger partial charge in [-0.1, -0.05) is 36.4 Å². The maximum atomic E-state index is 12.5. The molecule has 4 heteroatoms. The average Bonchev–Trinajstić information content (AvgIpc) is 3.09. The van der Waals surface area contributed by atoms with Crippen molar-refractivity contribution in [2.24, 2.45) is 0 Å². The number of ether oxygens (including phenoxy) is 1. The molecule has 0 bridgehead atoms. The molecule has 0 atom stereocenters. The summed E-state index contributed by atoms with van der Waals surface area (Å²) < 4.78 is 5.25. The molecule has 0 aliphatic rings. The van der Waals surface area contributed by atoms with Gasteiger partial charge in [0, 0.05) is 16.1 Å². The number of rotatable bonds is 4. The lowest BCUT2D eigenvalue weighted by Crippen LogP contribution is -2.13. The predicted molar refractivity (Wildman–Crippen MR) is 90.7 cm³/mol. The van der Waals surface area contributed by atoms with E-state index in [2.05, 4.69) is 5.32 Å². The van der Waals surface area contributed by atoms with Crippen LogP contribution >= 0.6 is 11.3 Å². The first kappa shape index (κ1) is 14.4. The molecule has 1 aromatic heterocycles.